The van der Waals surface area contributed by atoms with Crippen LogP contribution in [-0.4, -0.2) is 15.7 Å². The van der Waals surface area contributed by atoms with Crippen molar-refractivity contribution in [1.82, 2.24) is 4.98 Å². The zero-order valence-corrected chi connectivity index (χ0v) is 14.2. The summed E-state index contributed by atoms with van der Waals surface area (Å²) in [5.41, 5.74) is 1.47. The Bertz CT molecular complexity index is 895. The fourth-order valence-corrected chi connectivity index (χ4v) is 3.20. The van der Waals surface area contributed by atoms with Crippen LogP contribution in [0.4, 0.5) is 11.4 Å². The van der Waals surface area contributed by atoms with Gasteiger partial charge in [-0.2, -0.15) is 0 Å². The summed E-state index contributed by atoms with van der Waals surface area (Å²) < 4.78 is 0. The number of carbonyl (C=O) groups excluding carboxylic acids is 1. The standard InChI is InChI=1S/C18H15N3O3S/c1-12(22)14-7-8-15(16(11-14)21(23)24)20-17(18-19-9-10-25-18)13-5-3-2-4-6-13/h2-11,17,20H,1H3. The summed E-state index contributed by atoms with van der Waals surface area (Å²) in [6, 6.07) is 13.7. The molecule has 0 spiro atoms. The monoisotopic (exact) mass is 353 g/mol. The maximum atomic E-state index is 11.5. The van der Waals surface area contributed by atoms with E-state index in [2.05, 4.69) is 10.3 Å². The van der Waals surface area contributed by atoms with Crippen molar-refractivity contribution in [3.8, 4) is 0 Å². The fraction of sp³-hybridized carbons (Fsp3) is 0.111. The number of nitro groups is 1. The lowest BCUT2D eigenvalue weighted by molar-refractivity contribution is -0.384. The zero-order valence-electron chi connectivity index (χ0n) is 13.4. The van der Waals surface area contributed by atoms with Crippen LogP contribution in [0, 0.1) is 10.1 Å². The maximum Gasteiger partial charge on any atom is 0.293 e. The largest absolute Gasteiger partial charge is 0.366 e. The van der Waals surface area contributed by atoms with Gasteiger partial charge in [0.15, 0.2) is 5.78 Å². The molecule has 0 saturated carbocycles. The van der Waals surface area contributed by atoms with Gasteiger partial charge in [-0.25, -0.2) is 4.98 Å². The summed E-state index contributed by atoms with van der Waals surface area (Å²) >= 11 is 1.47. The summed E-state index contributed by atoms with van der Waals surface area (Å²) in [5.74, 6) is -0.214. The minimum absolute atomic E-state index is 0.134. The Hall–Kier alpha value is -3.06. The highest BCUT2D eigenvalue weighted by Crippen LogP contribution is 2.33. The van der Waals surface area contributed by atoms with Crippen LogP contribution in [0.15, 0.2) is 60.1 Å². The number of aromatic nitrogens is 1. The number of rotatable bonds is 6. The maximum absolute atomic E-state index is 11.5. The average molecular weight is 353 g/mol. The third-order valence-corrected chi connectivity index (χ3v) is 4.57. The SMILES string of the molecule is CC(=O)c1ccc(NC(c2ccccc2)c2nccs2)c([N+](=O)[O-])c1. The van der Waals surface area contributed by atoms with Crippen LogP contribution >= 0.6 is 11.3 Å². The predicted molar refractivity (Wildman–Crippen MR) is 97.1 cm³/mol. The second kappa shape index (κ2) is 7.23. The Morgan fingerprint density at radius 1 is 1.24 bits per heavy atom. The molecule has 1 aromatic heterocycles. The van der Waals surface area contributed by atoms with Gasteiger partial charge in [-0.05, 0) is 24.6 Å². The summed E-state index contributed by atoms with van der Waals surface area (Å²) in [7, 11) is 0. The molecule has 1 atom stereocenters. The van der Waals surface area contributed by atoms with Gasteiger partial charge in [0, 0.05) is 23.2 Å². The van der Waals surface area contributed by atoms with Crippen LogP contribution in [0.3, 0.4) is 0 Å². The fourth-order valence-electron chi connectivity index (χ4n) is 2.49. The molecule has 7 heteroatoms. The molecule has 6 nitrogen and oxygen atoms in total. The first-order valence-corrected chi connectivity index (χ1v) is 8.44. The molecular formula is C18H15N3O3S. The van der Waals surface area contributed by atoms with Gasteiger partial charge in [0.05, 0.1) is 4.92 Å². The van der Waals surface area contributed by atoms with E-state index in [1.165, 1.54) is 24.3 Å². The molecular weight excluding hydrogens is 338 g/mol. The number of carbonyl (C=O) groups is 1. The van der Waals surface area contributed by atoms with E-state index >= 15 is 0 Å². The predicted octanol–water partition coefficient (Wildman–Crippen LogP) is 4.46. The first kappa shape index (κ1) is 16.8. The second-order valence-corrected chi connectivity index (χ2v) is 6.33. The van der Waals surface area contributed by atoms with Crippen LogP contribution in [-0.2, 0) is 0 Å². The van der Waals surface area contributed by atoms with Gasteiger partial charge in [0.25, 0.3) is 5.69 Å². The van der Waals surface area contributed by atoms with E-state index in [1.807, 2.05) is 35.7 Å². The highest BCUT2D eigenvalue weighted by Gasteiger charge is 2.22. The van der Waals surface area contributed by atoms with E-state index in [4.69, 9.17) is 0 Å². The molecule has 0 aliphatic carbocycles. The first-order chi connectivity index (χ1) is 12.1. The van der Waals surface area contributed by atoms with Crippen LogP contribution in [0.2, 0.25) is 0 Å². The molecule has 0 saturated heterocycles. The molecule has 25 heavy (non-hydrogen) atoms. The molecule has 0 aliphatic heterocycles. The molecule has 1 N–H and O–H groups in total. The van der Waals surface area contributed by atoms with Gasteiger partial charge in [0.2, 0.25) is 0 Å². The van der Waals surface area contributed by atoms with E-state index in [-0.39, 0.29) is 17.5 Å². The van der Waals surface area contributed by atoms with Crippen LogP contribution < -0.4 is 5.32 Å². The number of Topliss-reactive ketones (excluding diaryl/α,β-unsaturated/α-hetero) is 1. The van der Waals surface area contributed by atoms with Crippen LogP contribution in [0.1, 0.15) is 33.9 Å². The van der Waals surface area contributed by atoms with Crippen molar-refractivity contribution >= 4 is 28.5 Å². The lowest BCUT2D eigenvalue weighted by Crippen LogP contribution is -2.13. The number of ketones is 1. The third kappa shape index (κ3) is 3.72. The molecule has 3 aromatic rings. The van der Waals surface area contributed by atoms with Crippen molar-refractivity contribution in [3.63, 3.8) is 0 Å². The van der Waals surface area contributed by atoms with Crippen molar-refractivity contribution < 1.29 is 9.72 Å². The number of thiazole rings is 1. The van der Waals surface area contributed by atoms with Gasteiger partial charge >= 0.3 is 0 Å². The Labute approximate surface area is 148 Å². The number of nitro benzene ring substituents is 1. The molecule has 0 amide bonds. The van der Waals surface area contributed by atoms with Gasteiger partial charge in [-0.3, -0.25) is 14.9 Å². The number of benzene rings is 2. The molecule has 126 valence electrons. The summed E-state index contributed by atoms with van der Waals surface area (Å²) in [5, 5.41) is 17.3. The van der Waals surface area contributed by atoms with E-state index < -0.39 is 4.92 Å². The van der Waals surface area contributed by atoms with E-state index in [0.717, 1.165) is 10.6 Å². The Balaban J connectivity index is 2.03. The van der Waals surface area contributed by atoms with Crippen molar-refractivity contribution in [2.45, 2.75) is 13.0 Å². The van der Waals surface area contributed by atoms with E-state index in [9.17, 15) is 14.9 Å². The smallest absolute Gasteiger partial charge is 0.293 e. The lowest BCUT2D eigenvalue weighted by Gasteiger charge is -2.18. The number of nitrogens with one attached hydrogen (secondary N) is 1. The quantitative estimate of drug-likeness (QED) is 0.402. The number of hydrogen-bond donors (Lipinski definition) is 1. The van der Waals surface area contributed by atoms with Crippen molar-refractivity contribution in [3.05, 3.63) is 86.4 Å². The number of anilines is 1. The highest BCUT2D eigenvalue weighted by atomic mass is 32.1. The van der Waals surface area contributed by atoms with Gasteiger partial charge < -0.3 is 5.32 Å². The Morgan fingerprint density at radius 2 is 2.00 bits per heavy atom. The molecule has 0 bridgehead atoms. The highest BCUT2D eigenvalue weighted by molar-refractivity contribution is 7.09. The average Bonchev–Trinajstić information content (AvgIpc) is 3.14. The molecule has 3 rings (SSSR count). The van der Waals surface area contributed by atoms with Gasteiger partial charge in [0.1, 0.15) is 16.7 Å². The molecule has 0 aliphatic rings. The zero-order chi connectivity index (χ0) is 17.8. The van der Waals surface area contributed by atoms with Crippen LogP contribution in [0.5, 0.6) is 0 Å². The van der Waals surface area contributed by atoms with E-state index in [0.29, 0.717) is 11.3 Å². The minimum atomic E-state index is -0.487. The topological polar surface area (TPSA) is 85.1 Å². The van der Waals surface area contributed by atoms with Gasteiger partial charge in [-0.15, -0.1) is 11.3 Å². The molecule has 2 aromatic carbocycles. The molecule has 0 radical (unpaired) electrons. The minimum Gasteiger partial charge on any atom is -0.366 e. The first-order valence-electron chi connectivity index (χ1n) is 7.56. The van der Waals surface area contributed by atoms with Crippen molar-refractivity contribution in [2.24, 2.45) is 0 Å². The van der Waals surface area contributed by atoms with Gasteiger partial charge in [-0.1, -0.05) is 30.3 Å². The molecule has 1 heterocycles. The third-order valence-electron chi connectivity index (χ3n) is 3.73. The second-order valence-electron chi connectivity index (χ2n) is 5.40. The normalized spacial score (nSPS) is 11.7. The van der Waals surface area contributed by atoms with Crippen LogP contribution in [0.25, 0.3) is 0 Å². The lowest BCUT2D eigenvalue weighted by atomic mass is 10.1. The summed E-state index contributed by atoms with van der Waals surface area (Å²) in [4.78, 5) is 26.8. The number of nitrogens with zero attached hydrogens (tertiary/aromatic N) is 2. The molecule has 0 fully saturated rings. The summed E-state index contributed by atoms with van der Waals surface area (Å²) in [6.45, 7) is 1.38. The number of hydrogen-bond acceptors (Lipinski definition) is 6. The Morgan fingerprint density at radius 3 is 2.60 bits per heavy atom. The van der Waals surface area contributed by atoms with Crippen molar-refractivity contribution in [2.75, 3.05) is 5.32 Å². The summed E-state index contributed by atoms with van der Waals surface area (Å²) in [6.07, 6.45) is 1.70. The molecule has 1 unspecified atom stereocenters. The van der Waals surface area contributed by atoms with E-state index in [1.54, 1.807) is 18.3 Å². The Kier molecular flexibility index (Phi) is 4.85. The van der Waals surface area contributed by atoms with Crippen molar-refractivity contribution in [1.29, 1.82) is 0 Å².